The molecular formula is C19H22ClFN4OS. The highest BCUT2D eigenvalue weighted by Crippen LogP contribution is 2.28. The fraction of sp³-hybridized carbons (Fsp3) is 0.421. The van der Waals surface area contributed by atoms with Gasteiger partial charge in [-0.05, 0) is 48.9 Å². The number of amides is 1. The van der Waals surface area contributed by atoms with Crippen molar-refractivity contribution >= 4 is 28.8 Å². The molecule has 0 radical (unpaired) electrons. The number of nitrogens with one attached hydrogen (secondary N) is 3. The maximum absolute atomic E-state index is 13.1. The number of benzene rings is 1. The van der Waals surface area contributed by atoms with E-state index in [1.54, 1.807) is 11.3 Å². The van der Waals surface area contributed by atoms with E-state index in [9.17, 15) is 9.18 Å². The molecule has 2 unspecified atom stereocenters. The van der Waals surface area contributed by atoms with Crippen LogP contribution in [0, 0.1) is 5.82 Å². The van der Waals surface area contributed by atoms with Gasteiger partial charge in [0.1, 0.15) is 5.82 Å². The number of hydrazine groups is 1. The van der Waals surface area contributed by atoms with Crippen LogP contribution in [0.15, 0.2) is 35.7 Å². The fourth-order valence-electron chi connectivity index (χ4n) is 3.75. The minimum Gasteiger partial charge on any atom is -0.349 e. The summed E-state index contributed by atoms with van der Waals surface area (Å²) in [6.07, 6.45) is 3.10. The predicted octanol–water partition coefficient (Wildman–Crippen LogP) is 3.30. The molecule has 2 aliphatic rings. The number of nitrogens with zero attached hydrogens (tertiary/aromatic N) is 1. The zero-order valence-corrected chi connectivity index (χ0v) is 16.3. The second-order valence-electron chi connectivity index (χ2n) is 7.02. The van der Waals surface area contributed by atoms with Gasteiger partial charge in [0, 0.05) is 24.0 Å². The molecule has 27 heavy (non-hydrogen) atoms. The first-order chi connectivity index (χ1) is 13.1. The van der Waals surface area contributed by atoms with E-state index in [4.69, 9.17) is 11.6 Å². The van der Waals surface area contributed by atoms with Crippen LogP contribution in [0.25, 0.3) is 0 Å². The maximum Gasteiger partial charge on any atom is 0.253 e. The molecule has 4 rings (SSSR count). The quantitative estimate of drug-likeness (QED) is 0.726. The van der Waals surface area contributed by atoms with Crippen LogP contribution < -0.4 is 16.2 Å². The van der Waals surface area contributed by atoms with Crippen LogP contribution in [-0.4, -0.2) is 36.1 Å². The number of carbonyl (C=O) groups excluding carboxylic acids is 1. The summed E-state index contributed by atoms with van der Waals surface area (Å²) in [5.41, 5.74) is 7.11. The van der Waals surface area contributed by atoms with E-state index in [0.717, 1.165) is 32.4 Å². The Morgan fingerprint density at radius 3 is 2.78 bits per heavy atom. The van der Waals surface area contributed by atoms with Crippen LogP contribution in [0.2, 0.25) is 5.02 Å². The standard InChI is InChI=1S/C19H22ClFN4OS/c20-15-10-12(21)3-4-14(15)19(26)22-13-5-7-25(8-6-13)18-11-16(23-24-18)17-2-1-9-27-17/h1-4,9-10,13,16,18,23-24H,5-8,11H2,(H,22,26). The second-order valence-corrected chi connectivity index (χ2v) is 8.40. The molecule has 0 aliphatic carbocycles. The molecule has 2 saturated heterocycles. The summed E-state index contributed by atoms with van der Waals surface area (Å²) < 4.78 is 13.1. The summed E-state index contributed by atoms with van der Waals surface area (Å²) in [7, 11) is 0. The molecule has 0 spiro atoms. The molecule has 3 N–H and O–H groups in total. The fourth-order valence-corrected chi connectivity index (χ4v) is 4.79. The van der Waals surface area contributed by atoms with E-state index >= 15 is 0 Å². The first-order valence-electron chi connectivity index (χ1n) is 9.14. The molecule has 1 amide bonds. The number of halogens is 2. The average Bonchev–Trinajstić information content (AvgIpc) is 3.34. The van der Waals surface area contributed by atoms with Gasteiger partial charge in [0.15, 0.2) is 0 Å². The van der Waals surface area contributed by atoms with E-state index in [1.807, 2.05) is 0 Å². The van der Waals surface area contributed by atoms with Crippen molar-refractivity contribution < 1.29 is 9.18 Å². The van der Waals surface area contributed by atoms with Crippen molar-refractivity contribution in [1.29, 1.82) is 0 Å². The minimum absolute atomic E-state index is 0.109. The predicted molar refractivity (Wildman–Crippen MR) is 105 cm³/mol. The lowest BCUT2D eigenvalue weighted by Crippen LogP contribution is -2.51. The molecule has 3 heterocycles. The average molecular weight is 409 g/mol. The number of hydrogen-bond donors (Lipinski definition) is 3. The third-order valence-corrected chi connectivity index (χ3v) is 6.55. The lowest BCUT2D eigenvalue weighted by atomic mass is 10.0. The first-order valence-corrected chi connectivity index (χ1v) is 10.4. The lowest BCUT2D eigenvalue weighted by molar-refractivity contribution is 0.0880. The number of hydrogen-bond acceptors (Lipinski definition) is 5. The molecule has 0 saturated carbocycles. The third kappa shape index (κ3) is 4.33. The van der Waals surface area contributed by atoms with Gasteiger partial charge in [-0.1, -0.05) is 17.7 Å². The monoisotopic (exact) mass is 408 g/mol. The van der Waals surface area contributed by atoms with Crippen molar-refractivity contribution in [2.24, 2.45) is 0 Å². The van der Waals surface area contributed by atoms with Gasteiger partial charge in [-0.25, -0.2) is 15.2 Å². The van der Waals surface area contributed by atoms with E-state index in [2.05, 4.69) is 38.6 Å². The Hall–Kier alpha value is -1.51. The molecule has 1 aromatic carbocycles. The molecule has 2 aromatic rings. The van der Waals surface area contributed by atoms with E-state index < -0.39 is 5.82 Å². The maximum atomic E-state index is 13.1. The van der Waals surface area contributed by atoms with Crippen LogP contribution in [0.3, 0.4) is 0 Å². The Morgan fingerprint density at radius 1 is 1.26 bits per heavy atom. The molecule has 1 aromatic heterocycles. The molecule has 2 fully saturated rings. The zero-order chi connectivity index (χ0) is 18.8. The molecule has 2 atom stereocenters. The highest BCUT2D eigenvalue weighted by atomic mass is 35.5. The Balaban J connectivity index is 1.27. The van der Waals surface area contributed by atoms with E-state index in [1.165, 1.54) is 23.1 Å². The Morgan fingerprint density at radius 2 is 2.07 bits per heavy atom. The first kappa shape index (κ1) is 18.8. The van der Waals surface area contributed by atoms with Gasteiger partial charge in [0.25, 0.3) is 5.91 Å². The zero-order valence-electron chi connectivity index (χ0n) is 14.8. The Labute approximate surface area is 166 Å². The van der Waals surface area contributed by atoms with Crippen molar-refractivity contribution in [3.63, 3.8) is 0 Å². The van der Waals surface area contributed by atoms with Crippen molar-refractivity contribution in [2.75, 3.05) is 13.1 Å². The molecular weight excluding hydrogens is 387 g/mol. The van der Waals surface area contributed by atoms with Crippen LogP contribution >= 0.6 is 22.9 Å². The van der Waals surface area contributed by atoms with Crippen LogP contribution in [0.1, 0.15) is 40.5 Å². The number of carbonyl (C=O) groups is 1. The van der Waals surface area contributed by atoms with E-state index in [0.29, 0.717) is 17.8 Å². The Bertz CT molecular complexity index is 795. The Kier molecular flexibility index (Phi) is 5.75. The van der Waals surface area contributed by atoms with Crippen molar-refractivity contribution in [2.45, 2.75) is 37.5 Å². The summed E-state index contributed by atoms with van der Waals surface area (Å²) in [5.74, 6) is -0.680. The van der Waals surface area contributed by atoms with Gasteiger partial charge in [-0.2, -0.15) is 0 Å². The van der Waals surface area contributed by atoms with Gasteiger partial charge in [-0.15, -0.1) is 11.3 Å². The highest BCUT2D eigenvalue weighted by Gasteiger charge is 2.32. The van der Waals surface area contributed by atoms with Crippen molar-refractivity contribution in [3.8, 4) is 0 Å². The normalized spacial score (nSPS) is 24.2. The summed E-state index contributed by atoms with van der Waals surface area (Å²) in [6, 6.07) is 8.56. The highest BCUT2D eigenvalue weighted by molar-refractivity contribution is 7.10. The van der Waals surface area contributed by atoms with Crippen molar-refractivity contribution in [3.05, 3.63) is 57.0 Å². The molecule has 5 nitrogen and oxygen atoms in total. The van der Waals surface area contributed by atoms with Gasteiger partial charge < -0.3 is 5.32 Å². The van der Waals surface area contributed by atoms with Crippen LogP contribution in [0.4, 0.5) is 4.39 Å². The summed E-state index contributed by atoms with van der Waals surface area (Å²) in [4.78, 5) is 16.2. The SMILES string of the molecule is O=C(NC1CCN(C2CC(c3cccs3)NN2)CC1)c1ccc(F)cc1Cl. The lowest BCUT2D eigenvalue weighted by Gasteiger charge is -2.35. The number of likely N-dealkylation sites (tertiary alicyclic amines) is 1. The van der Waals surface area contributed by atoms with Crippen molar-refractivity contribution in [1.82, 2.24) is 21.1 Å². The molecule has 144 valence electrons. The summed E-state index contributed by atoms with van der Waals surface area (Å²) >= 11 is 7.76. The van der Waals surface area contributed by atoms with Crippen LogP contribution in [-0.2, 0) is 0 Å². The number of rotatable bonds is 4. The molecule has 8 heteroatoms. The van der Waals surface area contributed by atoms with Crippen LogP contribution in [0.5, 0.6) is 0 Å². The smallest absolute Gasteiger partial charge is 0.253 e. The molecule has 2 aliphatic heterocycles. The number of piperidine rings is 1. The van der Waals surface area contributed by atoms with Gasteiger partial charge in [0.05, 0.1) is 22.8 Å². The minimum atomic E-state index is -0.441. The molecule has 0 bridgehead atoms. The summed E-state index contributed by atoms with van der Waals surface area (Å²) in [5, 5.41) is 5.28. The van der Waals surface area contributed by atoms with Gasteiger partial charge >= 0.3 is 0 Å². The van der Waals surface area contributed by atoms with E-state index in [-0.39, 0.29) is 17.0 Å². The third-order valence-electron chi connectivity index (χ3n) is 5.25. The van der Waals surface area contributed by atoms with Gasteiger partial charge in [0.2, 0.25) is 0 Å². The largest absolute Gasteiger partial charge is 0.349 e. The number of thiophene rings is 1. The topological polar surface area (TPSA) is 56.4 Å². The summed E-state index contributed by atoms with van der Waals surface area (Å²) in [6.45, 7) is 1.83. The van der Waals surface area contributed by atoms with Gasteiger partial charge in [-0.3, -0.25) is 9.69 Å². The second kappa shape index (κ2) is 8.24.